The molecule has 1 N–H and O–H groups in total. The van der Waals surface area contributed by atoms with Crippen LogP contribution in [0.4, 0.5) is 0 Å². The van der Waals surface area contributed by atoms with Gasteiger partial charge in [-0.1, -0.05) is 17.7 Å². The largest absolute Gasteiger partial charge is 0.494 e. The Hall–Kier alpha value is -2.93. The van der Waals surface area contributed by atoms with E-state index in [9.17, 15) is 4.79 Å². The van der Waals surface area contributed by atoms with Crippen molar-refractivity contribution >= 4 is 17.9 Å². The maximum atomic E-state index is 10.7. The van der Waals surface area contributed by atoms with Gasteiger partial charge in [0.1, 0.15) is 17.8 Å². The summed E-state index contributed by atoms with van der Waals surface area (Å²) in [4.78, 5) is 10.7. The maximum absolute atomic E-state index is 10.7. The third kappa shape index (κ3) is 5.07. The summed E-state index contributed by atoms with van der Waals surface area (Å²) < 4.78 is 11.6. The Kier molecular flexibility index (Phi) is 6.97. The number of hydrogen-bond donors (Lipinski definition) is 1. The molecule has 0 spiro atoms. The molecule has 1 heterocycles. The van der Waals surface area contributed by atoms with E-state index in [4.69, 9.17) is 21.1 Å². The first-order valence-electron chi connectivity index (χ1n) is 9.00. The lowest BCUT2D eigenvalue weighted by molar-refractivity contribution is -0.107. The molecule has 1 aromatic heterocycles. The minimum Gasteiger partial charge on any atom is -0.494 e. The number of tetrazole rings is 1. The monoisotopic (exact) mass is 400 g/mol. The molecule has 0 aliphatic heterocycles. The molecule has 0 unspecified atom stereocenters. The average molecular weight is 401 g/mol. The van der Waals surface area contributed by atoms with Crippen molar-refractivity contribution in [3.8, 4) is 22.9 Å². The fourth-order valence-electron chi connectivity index (χ4n) is 2.69. The summed E-state index contributed by atoms with van der Waals surface area (Å²) in [6.07, 6.45) is 2.88. The Bertz CT molecular complexity index is 899. The smallest absolute Gasteiger partial charge is 0.204 e. The minimum absolute atomic E-state index is 0.313. The lowest BCUT2D eigenvalue weighted by Gasteiger charge is -2.12. The van der Waals surface area contributed by atoms with Crippen LogP contribution in [0.1, 0.15) is 24.0 Å². The van der Waals surface area contributed by atoms with Crippen molar-refractivity contribution in [2.24, 2.45) is 0 Å². The third-order valence-corrected chi connectivity index (χ3v) is 4.77. The molecule has 3 aromatic rings. The first-order chi connectivity index (χ1) is 13.7. The Labute approximate surface area is 168 Å². The van der Waals surface area contributed by atoms with E-state index < -0.39 is 0 Å². The van der Waals surface area contributed by atoms with Gasteiger partial charge in [-0.05, 0) is 60.9 Å². The second-order valence-corrected chi connectivity index (χ2v) is 6.57. The highest BCUT2D eigenvalue weighted by molar-refractivity contribution is 6.32. The Balaban J connectivity index is 1.38. The zero-order chi connectivity index (χ0) is 19.8. The normalized spacial score (nSPS) is 10.6. The van der Waals surface area contributed by atoms with Gasteiger partial charge in [-0.25, -0.2) is 0 Å². The van der Waals surface area contributed by atoms with Crippen LogP contribution in [-0.4, -0.2) is 40.1 Å². The van der Waals surface area contributed by atoms with Gasteiger partial charge in [0.25, 0.3) is 0 Å². The van der Waals surface area contributed by atoms with E-state index >= 15 is 0 Å². The topological polar surface area (TPSA) is 90.0 Å². The van der Waals surface area contributed by atoms with E-state index in [1.807, 2.05) is 43.3 Å². The molecule has 0 aliphatic rings. The van der Waals surface area contributed by atoms with Crippen LogP contribution in [0, 0.1) is 6.92 Å². The van der Waals surface area contributed by atoms with Crippen LogP contribution in [0.5, 0.6) is 11.5 Å². The number of aldehydes is 1. The molecule has 0 atom stereocenters. The zero-order valence-electron chi connectivity index (χ0n) is 15.5. The molecule has 2 aromatic carbocycles. The number of rotatable bonds is 10. The summed E-state index contributed by atoms with van der Waals surface area (Å²) in [6, 6.07) is 11.2. The molecular weight excluding hydrogens is 380 g/mol. The molecule has 0 aliphatic carbocycles. The number of carbonyl (C=O) groups excluding carboxylic acids is 1. The molecule has 28 heavy (non-hydrogen) atoms. The molecule has 3 rings (SSSR count). The van der Waals surface area contributed by atoms with Crippen LogP contribution >= 0.6 is 11.6 Å². The quantitative estimate of drug-likeness (QED) is 0.411. The lowest BCUT2D eigenvalue weighted by Crippen LogP contribution is -2.04. The van der Waals surface area contributed by atoms with Gasteiger partial charge in [-0.15, -0.1) is 10.2 Å². The first kappa shape index (κ1) is 19.8. The fraction of sp³-hybridized carbons (Fsp3) is 0.300. The van der Waals surface area contributed by atoms with Gasteiger partial charge in [-0.2, -0.15) is 5.21 Å². The van der Waals surface area contributed by atoms with E-state index in [-0.39, 0.29) is 0 Å². The van der Waals surface area contributed by atoms with Crippen molar-refractivity contribution in [1.82, 2.24) is 20.6 Å². The number of hydrogen-bond acceptors (Lipinski definition) is 6. The Morgan fingerprint density at radius 2 is 1.82 bits per heavy atom. The number of aromatic amines is 1. The van der Waals surface area contributed by atoms with Crippen LogP contribution in [0.2, 0.25) is 5.02 Å². The first-order valence-corrected chi connectivity index (χ1v) is 9.38. The van der Waals surface area contributed by atoms with E-state index in [1.165, 1.54) is 0 Å². The average Bonchev–Trinajstić information content (AvgIpc) is 3.25. The predicted molar refractivity (Wildman–Crippen MR) is 106 cm³/mol. The summed E-state index contributed by atoms with van der Waals surface area (Å²) in [6.45, 7) is 3.07. The van der Waals surface area contributed by atoms with Gasteiger partial charge in [0.05, 0.1) is 18.2 Å². The predicted octanol–water partition coefficient (Wildman–Crippen LogP) is 3.81. The molecule has 0 radical (unpaired) electrons. The van der Waals surface area contributed by atoms with Crippen LogP contribution in [-0.2, 0) is 11.2 Å². The van der Waals surface area contributed by atoms with Gasteiger partial charge in [0.15, 0.2) is 0 Å². The maximum Gasteiger partial charge on any atom is 0.204 e. The lowest BCUT2D eigenvalue weighted by atomic mass is 10.1. The number of aromatic nitrogens is 4. The van der Waals surface area contributed by atoms with E-state index in [0.29, 0.717) is 30.5 Å². The number of carbonyl (C=O) groups is 1. The van der Waals surface area contributed by atoms with E-state index in [2.05, 4.69) is 20.6 Å². The fourth-order valence-corrected chi connectivity index (χ4v) is 2.92. The Morgan fingerprint density at radius 3 is 2.50 bits per heavy atom. The highest BCUT2D eigenvalue weighted by Crippen LogP contribution is 2.29. The molecule has 0 bridgehead atoms. The molecule has 8 heteroatoms. The number of halogens is 1. The van der Waals surface area contributed by atoms with Crippen molar-refractivity contribution in [2.75, 3.05) is 13.2 Å². The van der Waals surface area contributed by atoms with E-state index in [1.54, 1.807) is 0 Å². The van der Waals surface area contributed by atoms with Crippen molar-refractivity contribution in [2.45, 2.75) is 26.2 Å². The van der Waals surface area contributed by atoms with Crippen molar-refractivity contribution in [1.29, 1.82) is 0 Å². The van der Waals surface area contributed by atoms with Gasteiger partial charge in [-0.3, -0.25) is 0 Å². The summed E-state index contributed by atoms with van der Waals surface area (Å²) in [5, 5.41) is 14.4. The zero-order valence-corrected chi connectivity index (χ0v) is 16.3. The number of nitrogens with zero attached hydrogens (tertiary/aromatic N) is 3. The highest BCUT2D eigenvalue weighted by Gasteiger charge is 2.09. The second kappa shape index (κ2) is 9.85. The minimum atomic E-state index is 0.313. The molecule has 7 nitrogen and oxygen atoms in total. The molecular formula is C20H21ClN4O3. The van der Waals surface area contributed by atoms with Crippen LogP contribution in [0.3, 0.4) is 0 Å². The molecule has 0 saturated heterocycles. The van der Waals surface area contributed by atoms with Gasteiger partial charge >= 0.3 is 0 Å². The van der Waals surface area contributed by atoms with E-state index in [0.717, 1.165) is 47.3 Å². The van der Waals surface area contributed by atoms with Crippen LogP contribution in [0.25, 0.3) is 11.4 Å². The standard InChI is InChI=1S/C20H21ClN4O3/c1-14-18(9-6-15(10-11-26)19(14)21)28-13-3-2-12-27-17-7-4-16(5-8-17)20-22-24-25-23-20/h4-9,11H,2-3,10,12-13H2,1H3,(H,22,23,24,25). The summed E-state index contributed by atoms with van der Waals surface area (Å²) in [5.74, 6) is 2.09. The summed E-state index contributed by atoms with van der Waals surface area (Å²) >= 11 is 6.28. The second-order valence-electron chi connectivity index (χ2n) is 6.20. The third-order valence-electron chi connectivity index (χ3n) is 4.24. The van der Waals surface area contributed by atoms with Gasteiger partial charge in [0.2, 0.25) is 5.82 Å². The summed E-state index contributed by atoms with van der Waals surface area (Å²) in [7, 11) is 0. The van der Waals surface area contributed by atoms with Crippen molar-refractivity contribution in [3.63, 3.8) is 0 Å². The molecule has 146 valence electrons. The number of H-pyrrole nitrogens is 1. The number of nitrogens with one attached hydrogen (secondary N) is 1. The highest BCUT2D eigenvalue weighted by atomic mass is 35.5. The SMILES string of the molecule is Cc1c(OCCCCOc2ccc(-c3nn[nH]n3)cc2)ccc(CC=O)c1Cl. The van der Waals surface area contributed by atoms with Crippen LogP contribution < -0.4 is 9.47 Å². The number of benzene rings is 2. The number of unbranched alkanes of at least 4 members (excludes halogenated alkanes) is 1. The molecule has 0 fully saturated rings. The Morgan fingerprint density at radius 1 is 1.07 bits per heavy atom. The molecule has 0 amide bonds. The number of ether oxygens (including phenoxy) is 2. The van der Waals surface area contributed by atoms with Gasteiger partial charge < -0.3 is 14.3 Å². The summed E-state index contributed by atoms with van der Waals surface area (Å²) in [5.41, 5.74) is 2.56. The van der Waals surface area contributed by atoms with Crippen LogP contribution in [0.15, 0.2) is 36.4 Å². The van der Waals surface area contributed by atoms with Crippen molar-refractivity contribution < 1.29 is 14.3 Å². The van der Waals surface area contributed by atoms with Crippen molar-refractivity contribution in [3.05, 3.63) is 52.5 Å². The molecule has 0 saturated carbocycles. The van der Waals surface area contributed by atoms with Gasteiger partial charge in [0, 0.05) is 17.5 Å².